The lowest BCUT2D eigenvalue weighted by molar-refractivity contribution is -0.136. The number of sulfonamides is 1. The van der Waals surface area contributed by atoms with Crippen molar-refractivity contribution in [2.75, 3.05) is 13.1 Å². The van der Waals surface area contributed by atoms with Crippen LogP contribution in [0, 0.1) is 25.7 Å². The zero-order chi connectivity index (χ0) is 19.4. The summed E-state index contributed by atoms with van der Waals surface area (Å²) >= 11 is 0. The number of nitrogens with two attached hydrogens (primary N) is 1. The van der Waals surface area contributed by atoms with E-state index in [1.807, 2.05) is 4.90 Å². The van der Waals surface area contributed by atoms with Crippen LogP contribution in [0.4, 0.5) is 0 Å². The van der Waals surface area contributed by atoms with Crippen molar-refractivity contribution >= 4 is 15.9 Å². The highest BCUT2D eigenvalue weighted by molar-refractivity contribution is 7.89. The third-order valence-electron chi connectivity index (χ3n) is 6.63. The number of likely N-dealkylation sites (tertiary alicyclic amines) is 1. The molecule has 2 heterocycles. The van der Waals surface area contributed by atoms with Gasteiger partial charge in [0.2, 0.25) is 15.9 Å². The van der Waals surface area contributed by atoms with Gasteiger partial charge in [0, 0.05) is 19.1 Å². The molecule has 4 rings (SSSR count). The maximum Gasteiger partial charge on any atom is 0.246 e. The number of carbonyl (C=O) groups excluding carboxylic acids is 1. The lowest BCUT2D eigenvalue weighted by Gasteiger charge is -2.33. The molecule has 0 radical (unpaired) electrons. The van der Waals surface area contributed by atoms with Gasteiger partial charge in [-0.1, -0.05) is 18.0 Å². The fourth-order valence-corrected chi connectivity index (χ4v) is 7.03. The molecule has 1 amide bonds. The molecule has 3 N–H and O–H groups in total. The molecular formula is C18H28N4O4S. The first-order valence-corrected chi connectivity index (χ1v) is 11.2. The predicted octanol–water partition coefficient (Wildman–Crippen LogP) is 1.08. The molecule has 0 spiro atoms. The number of nitrogens with zero attached hydrogens (tertiary/aromatic N) is 2. The van der Waals surface area contributed by atoms with E-state index in [0.717, 1.165) is 25.7 Å². The fourth-order valence-electron chi connectivity index (χ4n) is 5.28. The van der Waals surface area contributed by atoms with E-state index in [9.17, 15) is 13.2 Å². The van der Waals surface area contributed by atoms with E-state index >= 15 is 0 Å². The van der Waals surface area contributed by atoms with Crippen LogP contribution in [0.5, 0.6) is 0 Å². The van der Waals surface area contributed by atoms with E-state index in [4.69, 9.17) is 10.3 Å². The van der Waals surface area contributed by atoms with Gasteiger partial charge in [-0.2, -0.15) is 4.72 Å². The Morgan fingerprint density at radius 1 is 1.26 bits per heavy atom. The highest BCUT2D eigenvalue weighted by atomic mass is 32.2. The molecule has 3 atom stereocenters. The van der Waals surface area contributed by atoms with Gasteiger partial charge < -0.3 is 15.2 Å². The summed E-state index contributed by atoms with van der Waals surface area (Å²) in [5, 5.41) is 3.75. The Morgan fingerprint density at radius 3 is 2.56 bits per heavy atom. The number of aryl methyl sites for hydroxylation is 2. The van der Waals surface area contributed by atoms with Crippen LogP contribution in [0.2, 0.25) is 0 Å². The van der Waals surface area contributed by atoms with Crippen LogP contribution >= 0.6 is 0 Å². The Morgan fingerprint density at radius 2 is 1.96 bits per heavy atom. The molecule has 9 heteroatoms. The number of carbonyl (C=O) groups is 1. The lowest BCUT2D eigenvalue weighted by Crippen LogP contribution is -2.58. The van der Waals surface area contributed by atoms with Crippen molar-refractivity contribution < 1.29 is 17.7 Å². The summed E-state index contributed by atoms with van der Waals surface area (Å²) in [6, 6.07) is 0.145. The Hall–Kier alpha value is -1.45. The molecule has 1 aromatic rings. The maximum absolute atomic E-state index is 13.4. The zero-order valence-electron chi connectivity index (χ0n) is 15.9. The summed E-state index contributed by atoms with van der Waals surface area (Å²) < 4.78 is 33.9. The number of amides is 1. The van der Waals surface area contributed by atoms with Gasteiger partial charge in [-0.25, -0.2) is 8.42 Å². The number of hydrogen-bond donors (Lipinski definition) is 2. The van der Waals surface area contributed by atoms with E-state index < -0.39 is 15.6 Å². The molecule has 8 nitrogen and oxygen atoms in total. The average Bonchev–Trinajstić information content (AvgIpc) is 3.34. The Balaban J connectivity index is 1.59. The van der Waals surface area contributed by atoms with Gasteiger partial charge in [0.15, 0.2) is 5.76 Å². The van der Waals surface area contributed by atoms with E-state index in [1.54, 1.807) is 13.8 Å². The lowest BCUT2D eigenvalue weighted by atomic mass is 9.97. The van der Waals surface area contributed by atoms with Crippen molar-refractivity contribution in [3.63, 3.8) is 0 Å². The van der Waals surface area contributed by atoms with Crippen molar-refractivity contribution in [3.8, 4) is 0 Å². The highest BCUT2D eigenvalue weighted by Gasteiger charge is 2.51. The van der Waals surface area contributed by atoms with Crippen molar-refractivity contribution in [3.05, 3.63) is 11.5 Å². The standard InChI is InChI=1S/C18H28N4O4S/c1-11-16(12(2)26-20-11)27(24,25)21-18(7-3-4-8-18)17(23)22-9-13-5-6-15(19)14(13)10-22/h13-15,21H,3-10,19H2,1-2H3. The molecule has 0 bridgehead atoms. The molecule has 1 aromatic heterocycles. The molecule has 2 saturated carbocycles. The molecule has 1 saturated heterocycles. The Bertz CT molecular complexity index is 824. The summed E-state index contributed by atoms with van der Waals surface area (Å²) in [5.41, 5.74) is 5.44. The van der Waals surface area contributed by atoms with Crippen LogP contribution in [-0.2, 0) is 14.8 Å². The minimum Gasteiger partial charge on any atom is -0.360 e. The first-order chi connectivity index (χ1) is 12.7. The molecule has 3 fully saturated rings. The normalized spacial score (nSPS) is 30.0. The van der Waals surface area contributed by atoms with Gasteiger partial charge in [-0.3, -0.25) is 4.79 Å². The third kappa shape index (κ3) is 3.09. The average molecular weight is 397 g/mol. The first-order valence-electron chi connectivity index (χ1n) is 9.75. The largest absolute Gasteiger partial charge is 0.360 e. The molecule has 1 aliphatic heterocycles. The van der Waals surface area contributed by atoms with Crippen molar-refractivity contribution in [2.24, 2.45) is 17.6 Å². The third-order valence-corrected chi connectivity index (χ3v) is 8.41. The summed E-state index contributed by atoms with van der Waals surface area (Å²) in [4.78, 5) is 15.3. The van der Waals surface area contributed by atoms with Gasteiger partial charge in [-0.15, -0.1) is 0 Å². The smallest absolute Gasteiger partial charge is 0.246 e. The molecule has 150 valence electrons. The van der Waals surface area contributed by atoms with Crippen molar-refractivity contribution in [2.45, 2.75) is 68.8 Å². The van der Waals surface area contributed by atoms with E-state index in [2.05, 4.69) is 9.88 Å². The highest BCUT2D eigenvalue weighted by Crippen LogP contribution is 2.40. The van der Waals surface area contributed by atoms with Crippen LogP contribution in [-0.4, -0.2) is 49.1 Å². The second kappa shape index (κ2) is 6.56. The molecular weight excluding hydrogens is 368 g/mol. The monoisotopic (exact) mass is 396 g/mol. The minimum atomic E-state index is -3.90. The SMILES string of the molecule is Cc1noc(C)c1S(=O)(=O)NC1(C(=O)N2CC3CCC(N)C3C2)CCCC1. The molecule has 3 aliphatic rings. The van der Waals surface area contributed by atoms with E-state index in [-0.39, 0.29) is 22.6 Å². The molecule has 2 aliphatic carbocycles. The van der Waals surface area contributed by atoms with Crippen LogP contribution in [0.1, 0.15) is 50.0 Å². The van der Waals surface area contributed by atoms with Crippen LogP contribution < -0.4 is 10.5 Å². The Labute approximate surface area is 159 Å². The zero-order valence-corrected chi connectivity index (χ0v) is 16.7. The number of aromatic nitrogens is 1. The van der Waals surface area contributed by atoms with Gasteiger partial charge in [0.25, 0.3) is 0 Å². The summed E-state index contributed by atoms with van der Waals surface area (Å²) in [6.07, 6.45) is 4.76. The number of nitrogens with one attached hydrogen (secondary N) is 1. The second-order valence-electron chi connectivity index (χ2n) is 8.42. The predicted molar refractivity (Wildman–Crippen MR) is 98.3 cm³/mol. The van der Waals surface area contributed by atoms with Gasteiger partial charge in [0.05, 0.1) is 0 Å². The fraction of sp³-hybridized carbons (Fsp3) is 0.778. The first kappa shape index (κ1) is 18.9. The summed E-state index contributed by atoms with van der Waals surface area (Å²) in [6.45, 7) is 4.49. The van der Waals surface area contributed by atoms with Crippen molar-refractivity contribution in [1.29, 1.82) is 0 Å². The van der Waals surface area contributed by atoms with E-state index in [1.165, 1.54) is 0 Å². The van der Waals surface area contributed by atoms with Gasteiger partial charge >= 0.3 is 0 Å². The number of rotatable bonds is 4. The quantitative estimate of drug-likeness (QED) is 0.786. The molecule has 27 heavy (non-hydrogen) atoms. The van der Waals surface area contributed by atoms with Crippen molar-refractivity contribution in [1.82, 2.24) is 14.8 Å². The molecule has 0 aromatic carbocycles. The Kier molecular flexibility index (Phi) is 4.59. The topological polar surface area (TPSA) is 119 Å². The van der Waals surface area contributed by atoms with Crippen LogP contribution in [0.15, 0.2) is 9.42 Å². The summed E-state index contributed by atoms with van der Waals surface area (Å²) in [7, 11) is -3.90. The molecule has 3 unspecified atom stereocenters. The minimum absolute atomic E-state index is 0.0434. The van der Waals surface area contributed by atoms with E-state index in [0.29, 0.717) is 43.5 Å². The van der Waals surface area contributed by atoms with Crippen LogP contribution in [0.3, 0.4) is 0 Å². The van der Waals surface area contributed by atoms with Gasteiger partial charge in [-0.05, 0) is 51.4 Å². The number of hydrogen-bond acceptors (Lipinski definition) is 6. The second-order valence-corrected chi connectivity index (χ2v) is 10.0. The number of fused-ring (bicyclic) bond motifs is 1. The maximum atomic E-state index is 13.4. The summed E-state index contributed by atoms with van der Waals surface area (Å²) in [5.74, 6) is 0.923. The van der Waals surface area contributed by atoms with Crippen LogP contribution in [0.25, 0.3) is 0 Å². The van der Waals surface area contributed by atoms with Gasteiger partial charge in [0.1, 0.15) is 16.1 Å².